The predicted molar refractivity (Wildman–Crippen MR) is 100 cm³/mol. The molecule has 1 aliphatic carbocycles. The molecule has 1 aliphatic heterocycles. The molecule has 2 heterocycles. The molecule has 0 saturated heterocycles. The summed E-state index contributed by atoms with van der Waals surface area (Å²) in [6, 6.07) is 12.0. The minimum Gasteiger partial charge on any atom is -0.493 e. The normalized spacial score (nSPS) is 19.4. The Hall–Kier alpha value is -2.76. The van der Waals surface area contributed by atoms with Crippen molar-refractivity contribution < 1.29 is 9.47 Å². The molecule has 136 valence electrons. The fourth-order valence-electron chi connectivity index (χ4n) is 3.01. The van der Waals surface area contributed by atoms with Gasteiger partial charge < -0.3 is 20.5 Å². The molecule has 1 fully saturated rings. The second-order valence-electron chi connectivity index (χ2n) is 6.83. The molecule has 1 aromatic heterocycles. The van der Waals surface area contributed by atoms with Crippen LogP contribution in [0.25, 0.3) is 0 Å². The van der Waals surface area contributed by atoms with Crippen molar-refractivity contribution in [2.75, 3.05) is 13.2 Å². The molecule has 26 heavy (non-hydrogen) atoms. The minimum atomic E-state index is 0.124. The van der Waals surface area contributed by atoms with Gasteiger partial charge in [-0.3, -0.25) is 0 Å². The molecular formula is C20H24N4O2. The number of nitrogens with one attached hydrogen (secondary N) is 1. The number of pyridine rings is 1. The zero-order valence-electron chi connectivity index (χ0n) is 14.7. The van der Waals surface area contributed by atoms with E-state index in [2.05, 4.69) is 21.4 Å². The molecule has 3 N–H and O–H groups in total. The second-order valence-corrected chi connectivity index (χ2v) is 6.83. The molecule has 0 amide bonds. The summed E-state index contributed by atoms with van der Waals surface area (Å²) < 4.78 is 11.4. The van der Waals surface area contributed by atoms with Crippen LogP contribution in [0.2, 0.25) is 0 Å². The molecule has 6 heteroatoms. The van der Waals surface area contributed by atoms with Crippen LogP contribution in [0, 0.1) is 5.92 Å². The monoisotopic (exact) mass is 352 g/mol. The summed E-state index contributed by atoms with van der Waals surface area (Å²) in [7, 11) is 0. The number of para-hydroxylation sites is 1. The van der Waals surface area contributed by atoms with Gasteiger partial charge in [-0.15, -0.1) is 0 Å². The van der Waals surface area contributed by atoms with Gasteiger partial charge in [-0.2, -0.15) is 0 Å². The topological polar surface area (TPSA) is 81.8 Å². The van der Waals surface area contributed by atoms with Crippen molar-refractivity contribution in [1.82, 2.24) is 10.3 Å². The van der Waals surface area contributed by atoms with Gasteiger partial charge in [-0.05, 0) is 36.5 Å². The Bertz CT molecular complexity index is 789. The van der Waals surface area contributed by atoms with E-state index in [4.69, 9.17) is 15.2 Å². The van der Waals surface area contributed by atoms with E-state index in [1.807, 2.05) is 30.3 Å². The van der Waals surface area contributed by atoms with Crippen LogP contribution in [-0.2, 0) is 6.54 Å². The highest BCUT2D eigenvalue weighted by molar-refractivity contribution is 5.78. The van der Waals surface area contributed by atoms with E-state index in [-0.39, 0.29) is 6.04 Å². The van der Waals surface area contributed by atoms with E-state index in [0.29, 0.717) is 30.9 Å². The number of aromatic nitrogens is 1. The zero-order valence-corrected chi connectivity index (χ0v) is 14.7. The minimum absolute atomic E-state index is 0.124. The van der Waals surface area contributed by atoms with Gasteiger partial charge in [0.05, 0.1) is 25.8 Å². The molecule has 0 bridgehead atoms. The van der Waals surface area contributed by atoms with Gasteiger partial charge in [0.25, 0.3) is 0 Å². The van der Waals surface area contributed by atoms with E-state index >= 15 is 0 Å². The van der Waals surface area contributed by atoms with Crippen molar-refractivity contribution in [1.29, 1.82) is 0 Å². The van der Waals surface area contributed by atoms with Crippen LogP contribution in [0.3, 0.4) is 0 Å². The molecule has 1 saturated carbocycles. The van der Waals surface area contributed by atoms with Crippen LogP contribution in [-0.4, -0.2) is 24.2 Å². The number of rotatable bonds is 6. The van der Waals surface area contributed by atoms with Gasteiger partial charge in [-0.1, -0.05) is 18.2 Å². The Morgan fingerprint density at radius 3 is 3.04 bits per heavy atom. The first-order chi connectivity index (χ1) is 12.8. The van der Waals surface area contributed by atoms with Gasteiger partial charge >= 0.3 is 0 Å². The van der Waals surface area contributed by atoms with Gasteiger partial charge in [0.15, 0.2) is 5.96 Å². The second kappa shape index (κ2) is 7.64. The SMILES string of the molecule is NC(=NCc1ccnc(OCC2CC2)c1)NC1CCOc2ccccc21. The van der Waals surface area contributed by atoms with E-state index in [0.717, 1.165) is 29.9 Å². The average molecular weight is 352 g/mol. The number of aliphatic imine (C=N–C) groups is 1. The molecule has 0 spiro atoms. The zero-order chi connectivity index (χ0) is 17.8. The standard InChI is InChI=1S/C20H24N4O2/c21-20(24-17-8-10-25-18-4-2-1-3-16(17)18)23-12-15-7-9-22-19(11-15)26-13-14-5-6-14/h1-4,7,9,11,14,17H,5-6,8,10,12-13H2,(H3,21,23,24). The summed E-state index contributed by atoms with van der Waals surface area (Å²) in [6.45, 7) is 1.92. The van der Waals surface area contributed by atoms with E-state index in [1.54, 1.807) is 6.20 Å². The van der Waals surface area contributed by atoms with Crippen LogP contribution in [0.4, 0.5) is 0 Å². The van der Waals surface area contributed by atoms with E-state index < -0.39 is 0 Å². The fraction of sp³-hybridized carbons (Fsp3) is 0.400. The highest BCUT2D eigenvalue weighted by Crippen LogP contribution is 2.31. The Kier molecular flexibility index (Phi) is 4.91. The van der Waals surface area contributed by atoms with Crippen LogP contribution in [0.1, 0.15) is 36.4 Å². The van der Waals surface area contributed by atoms with Crippen molar-refractivity contribution in [2.24, 2.45) is 16.6 Å². The molecule has 4 rings (SSSR count). The van der Waals surface area contributed by atoms with Crippen LogP contribution < -0.4 is 20.5 Å². The molecular weight excluding hydrogens is 328 g/mol. The van der Waals surface area contributed by atoms with Crippen molar-refractivity contribution in [2.45, 2.75) is 31.8 Å². The summed E-state index contributed by atoms with van der Waals surface area (Å²) in [4.78, 5) is 8.72. The number of benzene rings is 1. The van der Waals surface area contributed by atoms with Crippen molar-refractivity contribution in [3.8, 4) is 11.6 Å². The lowest BCUT2D eigenvalue weighted by molar-refractivity contribution is 0.262. The molecule has 1 unspecified atom stereocenters. The van der Waals surface area contributed by atoms with Gasteiger partial charge in [0, 0.05) is 24.2 Å². The summed E-state index contributed by atoms with van der Waals surface area (Å²) in [5, 5.41) is 3.31. The fourth-order valence-corrected chi connectivity index (χ4v) is 3.01. The number of hydrogen-bond donors (Lipinski definition) is 2. The molecule has 2 aliphatic rings. The maximum Gasteiger partial charge on any atom is 0.213 e. The first-order valence-corrected chi connectivity index (χ1v) is 9.14. The largest absolute Gasteiger partial charge is 0.493 e. The van der Waals surface area contributed by atoms with E-state index in [9.17, 15) is 0 Å². The van der Waals surface area contributed by atoms with Crippen LogP contribution >= 0.6 is 0 Å². The number of guanidine groups is 1. The first kappa shape index (κ1) is 16.7. The lowest BCUT2D eigenvalue weighted by atomic mass is 10.0. The number of ether oxygens (including phenoxy) is 2. The lowest BCUT2D eigenvalue weighted by Gasteiger charge is -2.26. The molecule has 1 aromatic carbocycles. The third kappa shape index (κ3) is 4.25. The Morgan fingerprint density at radius 2 is 2.15 bits per heavy atom. The quantitative estimate of drug-likeness (QED) is 0.617. The summed E-state index contributed by atoms with van der Waals surface area (Å²) in [5.74, 6) is 2.72. The third-order valence-electron chi connectivity index (χ3n) is 4.68. The summed E-state index contributed by atoms with van der Waals surface area (Å²) >= 11 is 0. The Labute approximate surface area is 153 Å². The number of nitrogens with two attached hydrogens (primary N) is 1. The number of hydrogen-bond acceptors (Lipinski definition) is 4. The number of fused-ring (bicyclic) bond motifs is 1. The van der Waals surface area contributed by atoms with E-state index in [1.165, 1.54) is 12.8 Å². The molecule has 2 aromatic rings. The maximum atomic E-state index is 6.11. The highest BCUT2D eigenvalue weighted by atomic mass is 16.5. The number of nitrogens with zero attached hydrogens (tertiary/aromatic N) is 2. The van der Waals surface area contributed by atoms with Crippen molar-refractivity contribution in [3.05, 3.63) is 53.7 Å². The van der Waals surface area contributed by atoms with Crippen molar-refractivity contribution in [3.63, 3.8) is 0 Å². The maximum absolute atomic E-state index is 6.11. The predicted octanol–water partition coefficient (Wildman–Crippen LogP) is 2.80. The third-order valence-corrected chi connectivity index (χ3v) is 4.68. The first-order valence-electron chi connectivity index (χ1n) is 9.14. The molecule has 0 radical (unpaired) electrons. The highest BCUT2D eigenvalue weighted by Gasteiger charge is 2.22. The Morgan fingerprint density at radius 1 is 1.27 bits per heavy atom. The summed E-state index contributed by atoms with van der Waals surface area (Å²) in [6.07, 6.45) is 5.15. The van der Waals surface area contributed by atoms with Gasteiger partial charge in [0.2, 0.25) is 5.88 Å². The van der Waals surface area contributed by atoms with Gasteiger partial charge in [-0.25, -0.2) is 9.98 Å². The molecule has 1 atom stereocenters. The summed E-state index contributed by atoms with van der Waals surface area (Å²) in [5.41, 5.74) is 8.26. The van der Waals surface area contributed by atoms with Gasteiger partial charge in [0.1, 0.15) is 5.75 Å². The van der Waals surface area contributed by atoms with Crippen LogP contribution in [0.5, 0.6) is 11.6 Å². The lowest BCUT2D eigenvalue weighted by Crippen LogP contribution is -2.37. The Balaban J connectivity index is 1.36. The molecule has 6 nitrogen and oxygen atoms in total. The smallest absolute Gasteiger partial charge is 0.213 e. The van der Waals surface area contributed by atoms with Crippen molar-refractivity contribution >= 4 is 5.96 Å². The van der Waals surface area contributed by atoms with Crippen LogP contribution in [0.15, 0.2) is 47.6 Å². The average Bonchev–Trinajstić information content (AvgIpc) is 3.50.